The zero-order valence-corrected chi connectivity index (χ0v) is 14.2. The Morgan fingerprint density at radius 2 is 1.91 bits per heavy atom. The highest BCUT2D eigenvalue weighted by Crippen LogP contribution is 2.13. The number of benzene rings is 1. The summed E-state index contributed by atoms with van der Waals surface area (Å²) in [6.45, 7) is 4.27. The van der Waals surface area contributed by atoms with Crippen LogP contribution in [0.3, 0.4) is 0 Å². The summed E-state index contributed by atoms with van der Waals surface area (Å²) in [6, 6.07) is 8.97. The number of aromatic nitrogens is 2. The average molecular weight is 321 g/mol. The van der Waals surface area contributed by atoms with E-state index in [9.17, 15) is 8.42 Å². The lowest BCUT2D eigenvalue weighted by molar-refractivity contribution is 0.579. The van der Waals surface area contributed by atoms with Crippen LogP contribution < -0.4 is 4.72 Å². The molecule has 2 rings (SSSR count). The molecule has 1 aromatic carbocycles. The Morgan fingerprint density at radius 3 is 2.45 bits per heavy atom. The van der Waals surface area contributed by atoms with E-state index in [-0.39, 0.29) is 6.54 Å². The molecule has 1 N–H and O–H groups in total. The molecule has 5 nitrogen and oxygen atoms in total. The molecule has 6 heteroatoms. The number of sulfonamides is 1. The van der Waals surface area contributed by atoms with Crippen molar-refractivity contribution >= 4 is 10.0 Å². The van der Waals surface area contributed by atoms with Crippen LogP contribution in [0.25, 0.3) is 0 Å². The molecule has 0 bridgehead atoms. The summed E-state index contributed by atoms with van der Waals surface area (Å²) in [5.74, 6) is 0. The van der Waals surface area contributed by atoms with Gasteiger partial charge < -0.3 is 0 Å². The first kappa shape index (κ1) is 16.7. The molecule has 0 aliphatic rings. The molecular formula is C16H23N3O2S. The Hall–Kier alpha value is -1.66. The van der Waals surface area contributed by atoms with Crippen molar-refractivity contribution < 1.29 is 8.42 Å². The van der Waals surface area contributed by atoms with Gasteiger partial charge in [-0.25, -0.2) is 13.1 Å². The van der Waals surface area contributed by atoms with Gasteiger partial charge in [0.1, 0.15) is 0 Å². The molecule has 0 atom stereocenters. The minimum absolute atomic E-state index is 0.196. The number of unbranched alkanes of at least 4 members (excludes halogenated alkanes) is 1. The van der Waals surface area contributed by atoms with E-state index in [1.54, 1.807) is 16.8 Å². The third-order valence-electron chi connectivity index (χ3n) is 3.66. The molecule has 22 heavy (non-hydrogen) atoms. The highest BCUT2D eigenvalue weighted by Gasteiger charge is 2.14. The molecule has 0 saturated heterocycles. The standard InChI is InChI=1S/C16H23N3O2S/c1-4-5-6-14-7-9-16(10-8-14)22(20,21)17-12-15-11-13(2)19(3)18-15/h7-11,17H,4-6,12H2,1-3H3. The Labute approximate surface area is 132 Å². The van der Waals surface area contributed by atoms with Gasteiger partial charge in [-0.05, 0) is 43.5 Å². The van der Waals surface area contributed by atoms with E-state index >= 15 is 0 Å². The van der Waals surface area contributed by atoms with Gasteiger partial charge in [0.15, 0.2) is 0 Å². The maximum absolute atomic E-state index is 12.3. The number of hydrogen-bond acceptors (Lipinski definition) is 3. The van der Waals surface area contributed by atoms with Crippen molar-refractivity contribution in [3.05, 3.63) is 47.3 Å². The van der Waals surface area contributed by atoms with Crippen LogP contribution >= 0.6 is 0 Å². The van der Waals surface area contributed by atoms with E-state index in [1.807, 2.05) is 32.2 Å². The molecule has 0 amide bonds. The van der Waals surface area contributed by atoms with Crippen LogP contribution in [0, 0.1) is 6.92 Å². The Kier molecular flexibility index (Phi) is 5.37. The summed E-state index contributed by atoms with van der Waals surface area (Å²) in [4.78, 5) is 0.292. The fourth-order valence-electron chi connectivity index (χ4n) is 2.19. The molecule has 1 aromatic heterocycles. The molecular weight excluding hydrogens is 298 g/mol. The fourth-order valence-corrected chi connectivity index (χ4v) is 3.19. The number of aryl methyl sites for hydroxylation is 3. The van der Waals surface area contributed by atoms with Gasteiger partial charge in [0.25, 0.3) is 0 Å². The predicted octanol–water partition coefficient (Wildman–Crippen LogP) is 2.55. The first-order valence-electron chi connectivity index (χ1n) is 7.50. The molecule has 0 radical (unpaired) electrons. The quantitative estimate of drug-likeness (QED) is 0.852. The maximum Gasteiger partial charge on any atom is 0.240 e. The summed E-state index contributed by atoms with van der Waals surface area (Å²) in [6.07, 6.45) is 3.23. The molecule has 1 heterocycles. The van der Waals surface area contributed by atoms with Crippen molar-refractivity contribution in [3.63, 3.8) is 0 Å². The third-order valence-corrected chi connectivity index (χ3v) is 5.08. The smallest absolute Gasteiger partial charge is 0.240 e. The van der Waals surface area contributed by atoms with E-state index in [4.69, 9.17) is 0 Å². The number of nitrogens with zero attached hydrogens (tertiary/aromatic N) is 2. The molecule has 0 fully saturated rings. The van der Waals surface area contributed by atoms with Crippen molar-refractivity contribution in [2.24, 2.45) is 7.05 Å². The van der Waals surface area contributed by atoms with E-state index in [1.165, 1.54) is 5.56 Å². The lowest BCUT2D eigenvalue weighted by Crippen LogP contribution is -2.23. The zero-order chi connectivity index (χ0) is 16.2. The van der Waals surface area contributed by atoms with Crippen molar-refractivity contribution in [2.75, 3.05) is 0 Å². The molecule has 2 aromatic rings. The number of hydrogen-bond donors (Lipinski definition) is 1. The SMILES string of the molecule is CCCCc1ccc(S(=O)(=O)NCc2cc(C)n(C)n2)cc1. The van der Waals surface area contributed by atoms with Crippen molar-refractivity contribution in [3.8, 4) is 0 Å². The van der Waals surface area contributed by atoms with Crippen LogP contribution in [0.15, 0.2) is 35.2 Å². The predicted molar refractivity (Wildman–Crippen MR) is 87.0 cm³/mol. The maximum atomic E-state index is 12.3. The zero-order valence-electron chi connectivity index (χ0n) is 13.3. The highest BCUT2D eigenvalue weighted by molar-refractivity contribution is 7.89. The van der Waals surface area contributed by atoms with Gasteiger partial charge >= 0.3 is 0 Å². The van der Waals surface area contributed by atoms with Gasteiger partial charge in [-0.1, -0.05) is 25.5 Å². The van der Waals surface area contributed by atoms with Crippen LogP contribution in [0.5, 0.6) is 0 Å². The second-order valence-corrected chi connectivity index (χ2v) is 7.24. The fraction of sp³-hybridized carbons (Fsp3) is 0.438. The highest BCUT2D eigenvalue weighted by atomic mass is 32.2. The third kappa shape index (κ3) is 4.18. The van der Waals surface area contributed by atoms with Crippen LogP contribution in [0.1, 0.15) is 36.7 Å². The first-order chi connectivity index (χ1) is 10.4. The Bertz CT molecular complexity index is 699. The second-order valence-electron chi connectivity index (χ2n) is 5.47. The van der Waals surface area contributed by atoms with E-state index < -0.39 is 10.0 Å². The molecule has 0 aliphatic carbocycles. The summed E-state index contributed by atoms with van der Waals surface area (Å²) in [5, 5.41) is 4.24. The normalized spacial score (nSPS) is 11.8. The Balaban J connectivity index is 2.03. The largest absolute Gasteiger partial charge is 0.273 e. The number of nitrogens with one attached hydrogen (secondary N) is 1. The summed E-state index contributed by atoms with van der Waals surface area (Å²) >= 11 is 0. The van der Waals surface area contributed by atoms with Crippen molar-refractivity contribution in [2.45, 2.75) is 44.6 Å². The Morgan fingerprint density at radius 1 is 1.23 bits per heavy atom. The van der Waals surface area contributed by atoms with Gasteiger partial charge in [-0.2, -0.15) is 5.10 Å². The molecule has 120 valence electrons. The van der Waals surface area contributed by atoms with E-state index in [0.717, 1.165) is 25.0 Å². The molecule has 0 spiro atoms. The van der Waals surface area contributed by atoms with Crippen LogP contribution in [0.2, 0.25) is 0 Å². The summed E-state index contributed by atoms with van der Waals surface area (Å²) in [7, 11) is -1.66. The lowest BCUT2D eigenvalue weighted by atomic mass is 10.1. The second kappa shape index (κ2) is 7.07. The van der Waals surface area contributed by atoms with Crippen LogP contribution in [-0.2, 0) is 30.0 Å². The van der Waals surface area contributed by atoms with Gasteiger partial charge in [-0.15, -0.1) is 0 Å². The first-order valence-corrected chi connectivity index (χ1v) is 8.99. The molecule has 0 saturated carbocycles. The number of rotatable bonds is 7. The minimum Gasteiger partial charge on any atom is -0.273 e. The topological polar surface area (TPSA) is 64.0 Å². The molecule has 0 unspecified atom stereocenters. The van der Waals surface area contributed by atoms with Gasteiger partial charge in [0, 0.05) is 12.7 Å². The monoisotopic (exact) mass is 321 g/mol. The van der Waals surface area contributed by atoms with Gasteiger partial charge in [0.05, 0.1) is 17.1 Å². The van der Waals surface area contributed by atoms with Crippen LogP contribution in [0.4, 0.5) is 0 Å². The van der Waals surface area contributed by atoms with Crippen molar-refractivity contribution in [1.29, 1.82) is 0 Å². The van der Waals surface area contributed by atoms with Crippen LogP contribution in [-0.4, -0.2) is 18.2 Å². The lowest BCUT2D eigenvalue weighted by Gasteiger charge is -2.06. The van der Waals surface area contributed by atoms with Gasteiger partial charge in [0.2, 0.25) is 10.0 Å². The van der Waals surface area contributed by atoms with E-state index in [0.29, 0.717) is 10.6 Å². The molecule has 0 aliphatic heterocycles. The van der Waals surface area contributed by atoms with E-state index in [2.05, 4.69) is 16.7 Å². The van der Waals surface area contributed by atoms with Gasteiger partial charge in [-0.3, -0.25) is 4.68 Å². The van der Waals surface area contributed by atoms with Crippen molar-refractivity contribution in [1.82, 2.24) is 14.5 Å². The summed E-state index contributed by atoms with van der Waals surface area (Å²) < 4.78 is 28.9. The minimum atomic E-state index is -3.50. The summed E-state index contributed by atoms with van der Waals surface area (Å²) in [5.41, 5.74) is 2.87. The average Bonchev–Trinajstić information content (AvgIpc) is 2.82.